The zero-order valence-electron chi connectivity index (χ0n) is 17.2. The molecule has 1 aliphatic heterocycles. The first-order chi connectivity index (χ1) is 13.7. The first kappa shape index (κ1) is 20.4. The maximum absolute atomic E-state index is 5.46. The van der Waals surface area contributed by atoms with Crippen molar-refractivity contribution in [2.45, 2.75) is 39.3 Å². The summed E-state index contributed by atoms with van der Waals surface area (Å²) in [5.41, 5.74) is 2.38. The van der Waals surface area contributed by atoms with E-state index in [0.717, 1.165) is 50.3 Å². The van der Waals surface area contributed by atoms with E-state index in [1.54, 1.807) is 0 Å². The van der Waals surface area contributed by atoms with Crippen molar-refractivity contribution < 1.29 is 4.74 Å². The molecule has 6 heteroatoms. The van der Waals surface area contributed by atoms with Crippen LogP contribution in [0.4, 0.5) is 0 Å². The third-order valence-corrected chi connectivity index (χ3v) is 5.20. The topological polar surface area (TPSA) is 54.7 Å². The number of nitrogens with zero attached hydrogens (tertiary/aromatic N) is 4. The minimum absolute atomic E-state index is 0.638. The van der Waals surface area contributed by atoms with E-state index < -0.39 is 0 Å². The summed E-state index contributed by atoms with van der Waals surface area (Å²) in [5, 5.41) is 7.89. The van der Waals surface area contributed by atoms with Crippen LogP contribution in [0.2, 0.25) is 0 Å². The quantitative estimate of drug-likeness (QED) is 0.562. The van der Waals surface area contributed by atoms with Crippen molar-refractivity contribution in [3.05, 3.63) is 53.9 Å². The summed E-state index contributed by atoms with van der Waals surface area (Å²) in [6, 6.07) is 10.4. The lowest BCUT2D eigenvalue weighted by Gasteiger charge is -2.26. The number of guanidine groups is 1. The first-order valence-corrected chi connectivity index (χ1v) is 10.4. The maximum atomic E-state index is 5.46. The van der Waals surface area contributed by atoms with E-state index in [0.29, 0.717) is 6.54 Å². The molecule has 1 aromatic heterocycles. The van der Waals surface area contributed by atoms with Gasteiger partial charge in [0.1, 0.15) is 0 Å². The summed E-state index contributed by atoms with van der Waals surface area (Å²) < 4.78 is 7.44. The number of benzene rings is 1. The molecule has 0 aliphatic carbocycles. The average molecular weight is 384 g/mol. The van der Waals surface area contributed by atoms with Gasteiger partial charge in [0.25, 0.3) is 0 Å². The highest BCUT2D eigenvalue weighted by atomic mass is 16.5. The summed E-state index contributed by atoms with van der Waals surface area (Å²) in [7, 11) is 2.12. The Hall–Kier alpha value is -2.34. The van der Waals surface area contributed by atoms with Gasteiger partial charge in [-0.3, -0.25) is 4.68 Å². The number of aromatic nitrogens is 2. The van der Waals surface area contributed by atoms with Crippen molar-refractivity contribution in [1.29, 1.82) is 0 Å². The molecule has 0 radical (unpaired) electrons. The molecule has 152 valence electrons. The van der Waals surface area contributed by atoms with Gasteiger partial charge in [-0.1, -0.05) is 30.3 Å². The van der Waals surface area contributed by atoms with Crippen molar-refractivity contribution >= 4 is 5.96 Å². The summed E-state index contributed by atoms with van der Waals surface area (Å²) in [5.74, 6) is 1.74. The van der Waals surface area contributed by atoms with Crippen LogP contribution in [0.3, 0.4) is 0 Å². The fourth-order valence-corrected chi connectivity index (χ4v) is 3.50. The van der Waals surface area contributed by atoms with Gasteiger partial charge < -0.3 is 15.0 Å². The predicted octanol–water partition coefficient (Wildman–Crippen LogP) is 3.15. The average Bonchev–Trinajstić information content (AvgIpc) is 3.18. The SMILES string of the molecule is CCNC(=NCc1cnn(Cc2ccccc2)c1)N(C)CCC1CCOCC1. The molecule has 0 unspecified atom stereocenters. The van der Waals surface area contributed by atoms with E-state index in [1.807, 2.05) is 16.9 Å². The van der Waals surface area contributed by atoms with Gasteiger partial charge >= 0.3 is 0 Å². The Kier molecular flexibility index (Phi) is 7.91. The van der Waals surface area contributed by atoms with Crippen molar-refractivity contribution in [3.8, 4) is 0 Å². The van der Waals surface area contributed by atoms with Gasteiger partial charge in [-0.2, -0.15) is 5.10 Å². The Morgan fingerprint density at radius 2 is 2.04 bits per heavy atom. The molecule has 3 rings (SSSR count). The Balaban J connectivity index is 1.53. The Morgan fingerprint density at radius 1 is 1.25 bits per heavy atom. The third-order valence-electron chi connectivity index (χ3n) is 5.20. The second kappa shape index (κ2) is 10.9. The van der Waals surface area contributed by atoms with E-state index in [-0.39, 0.29) is 0 Å². The summed E-state index contributed by atoms with van der Waals surface area (Å²) in [6.07, 6.45) is 7.56. The molecule has 28 heavy (non-hydrogen) atoms. The fraction of sp³-hybridized carbons (Fsp3) is 0.545. The monoisotopic (exact) mass is 383 g/mol. The lowest BCUT2D eigenvalue weighted by Crippen LogP contribution is -2.40. The molecular formula is C22H33N5O. The van der Waals surface area contributed by atoms with Gasteiger partial charge in [-0.05, 0) is 37.7 Å². The third kappa shape index (κ3) is 6.37. The molecule has 1 saturated heterocycles. The molecule has 0 bridgehead atoms. The van der Waals surface area contributed by atoms with Crippen molar-refractivity contribution in [2.24, 2.45) is 10.9 Å². The van der Waals surface area contributed by atoms with Gasteiger partial charge in [-0.15, -0.1) is 0 Å². The smallest absolute Gasteiger partial charge is 0.193 e. The summed E-state index contributed by atoms with van der Waals surface area (Å²) in [6.45, 7) is 7.25. The lowest BCUT2D eigenvalue weighted by atomic mass is 9.96. The summed E-state index contributed by atoms with van der Waals surface area (Å²) >= 11 is 0. The lowest BCUT2D eigenvalue weighted by molar-refractivity contribution is 0.0625. The summed E-state index contributed by atoms with van der Waals surface area (Å²) in [4.78, 5) is 7.06. The number of nitrogens with one attached hydrogen (secondary N) is 1. The predicted molar refractivity (Wildman–Crippen MR) is 113 cm³/mol. The van der Waals surface area contributed by atoms with Gasteiger partial charge in [0.05, 0.1) is 19.3 Å². The highest BCUT2D eigenvalue weighted by Crippen LogP contribution is 2.18. The highest BCUT2D eigenvalue weighted by molar-refractivity contribution is 5.79. The van der Waals surface area contributed by atoms with Crippen LogP contribution >= 0.6 is 0 Å². The zero-order valence-corrected chi connectivity index (χ0v) is 17.2. The molecule has 1 N–H and O–H groups in total. The van der Waals surface area contributed by atoms with Crippen molar-refractivity contribution in [2.75, 3.05) is 33.4 Å². The van der Waals surface area contributed by atoms with E-state index in [4.69, 9.17) is 9.73 Å². The van der Waals surface area contributed by atoms with Gasteiger partial charge in [0.2, 0.25) is 0 Å². The Bertz CT molecular complexity index is 722. The number of hydrogen-bond acceptors (Lipinski definition) is 3. The minimum atomic E-state index is 0.638. The molecule has 0 amide bonds. The van der Waals surface area contributed by atoms with Crippen LogP contribution < -0.4 is 5.32 Å². The number of rotatable bonds is 8. The van der Waals surface area contributed by atoms with Crippen LogP contribution in [0.15, 0.2) is 47.7 Å². The van der Waals surface area contributed by atoms with Crippen LogP contribution in [0.25, 0.3) is 0 Å². The molecule has 1 aromatic carbocycles. The van der Waals surface area contributed by atoms with Gasteiger partial charge in [-0.25, -0.2) is 4.99 Å². The standard InChI is InChI=1S/C22H33N5O/c1-3-23-22(26(2)12-9-19-10-13-28-14-11-19)24-15-21-16-25-27(18-21)17-20-7-5-4-6-8-20/h4-8,16,18-19H,3,9-15,17H2,1-2H3,(H,23,24). The molecule has 0 atom stereocenters. The number of ether oxygens (including phenoxy) is 1. The molecule has 0 saturated carbocycles. The fourth-order valence-electron chi connectivity index (χ4n) is 3.50. The van der Waals surface area contributed by atoms with Crippen molar-refractivity contribution in [3.63, 3.8) is 0 Å². The van der Waals surface area contributed by atoms with E-state index in [2.05, 4.69) is 59.7 Å². The van der Waals surface area contributed by atoms with Crippen molar-refractivity contribution in [1.82, 2.24) is 20.0 Å². The maximum Gasteiger partial charge on any atom is 0.193 e. The largest absolute Gasteiger partial charge is 0.381 e. The van der Waals surface area contributed by atoms with E-state index >= 15 is 0 Å². The minimum Gasteiger partial charge on any atom is -0.381 e. The molecule has 2 heterocycles. The van der Waals surface area contributed by atoms with Crippen LogP contribution in [0, 0.1) is 5.92 Å². The molecule has 2 aromatic rings. The van der Waals surface area contributed by atoms with E-state index in [9.17, 15) is 0 Å². The molecule has 6 nitrogen and oxygen atoms in total. The molecular weight excluding hydrogens is 350 g/mol. The van der Waals surface area contributed by atoms with Crippen LogP contribution in [-0.4, -0.2) is 54.0 Å². The highest BCUT2D eigenvalue weighted by Gasteiger charge is 2.15. The second-order valence-electron chi connectivity index (χ2n) is 7.47. The Labute approximate surface area is 168 Å². The first-order valence-electron chi connectivity index (χ1n) is 10.4. The van der Waals surface area contributed by atoms with Crippen LogP contribution in [0.1, 0.15) is 37.3 Å². The van der Waals surface area contributed by atoms with Crippen LogP contribution in [0.5, 0.6) is 0 Å². The zero-order chi connectivity index (χ0) is 19.6. The van der Waals surface area contributed by atoms with Gasteiger partial charge in [0, 0.05) is 45.1 Å². The second-order valence-corrected chi connectivity index (χ2v) is 7.47. The molecule has 0 spiro atoms. The normalized spacial score (nSPS) is 15.6. The van der Waals surface area contributed by atoms with E-state index in [1.165, 1.54) is 24.8 Å². The van der Waals surface area contributed by atoms with Gasteiger partial charge in [0.15, 0.2) is 5.96 Å². The number of hydrogen-bond donors (Lipinski definition) is 1. The van der Waals surface area contributed by atoms with Crippen LogP contribution in [-0.2, 0) is 17.8 Å². The molecule has 1 fully saturated rings. The number of aliphatic imine (C=N–C) groups is 1. The molecule has 1 aliphatic rings. The Morgan fingerprint density at radius 3 is 2.79 bits per heavy atom.